The van der Waals surface area contributed by atoms with Crippen LogP contribution in [-0.2, 0) is 13.0 Å². The van der Waals surface area contributed by atoms with Gasteiger partial charge in [-0.15, -0.1) is 0 Å². The lowest BCUT2D eigenvalue weighted by Gasteiger charge is -2.10. The third kappa shape index (κ3) is 3.09. The molecule has 2 aromatic rings. The van der Waals surface area contributed by atoms with Gasteiger partial charge in [0.2, 0.25) is 0 Å². The van der Waals surface area contributed by atoms with E-state index in [-0.39, 0.29) is 13.2 Å². The van der Waals surface area contributed by atoms with Crippen molar-refractivity contribution in [1.29, 1.82) is 0 Å². The minimum atomic E-state index is 0.0291. The highest BCUT2D eigenvalue weighted by atomic mass is 16.5. The molecule has 0 spiro atoms. The summed E-state index contributed by atoms with van der Waals surface area (Å²) in [5.41, 5.74) is 1.83. The van der Waals surface area contributed by atoms with Crippen molar-refractivity contribution in [1.82, 2.24) is 0 Å². The van der Waals surface area contributed by atoms with Crippen molar-refractivity contribution in [3.05, 3.63) is 59.7 Å². The lowest BCUT2D eigenvalue weighted by Crippen LogP contribution is -1.95. The van der Waals surface area contributed by atoms with Gasteiger partial charge in [-0.2, -0.15) is 0 Å². The molecule has 2 rings (SSSR count). The zero-order chi connectivity index (χ0) is 12.8. The van der Waals surface area contributed by atoms with Gasteiger partial charge in [0.1, 0.15) is 11.5 Å². The van der Waals surface area contributed by atoms with Crippen LogP contribution in [0.2, 0.25) is 0 Å². The van der Waals surface area contributed by atoms with Crippen LogP contribution in [0.5, 0.6) is 11.5 Å². The van der Waals surface area contributed by atoms with Crippen LogP contribution in [0.4, 0.5) is 0 Å². The van der Waals surface area contributed by atoms with Crippen molar-refractivity contribution >= 4 is 0 Å². The molecule has 0 bridgehead atoms. The summed E-state index contributed by atoms with van der Waals surface area (Å²) in [6.07, 6.45) is 0.574. The molecular formula is C15H16O3. The molecule has 3 heteroatoms. The number of para-hydroxylation sites is 1. The molecule has 0 aliphatic heterocycles. The van der Waals surface area contributed by atoms with E-state index in [1.54, 1.807) is 0 Å². The molecule has 3 nitrogen and oxygen atoms in total. The molecule has 0 saturated heterocycles. The molecule has 18 heavy (non-hydrogen) atoms. The van der Waals surface area contributed by atoms with Crippen LogP contribution in [-0.4, -0.2) is 16.8 Å². The molecule has 0 saturated carbocycles. The van der Waals surface area contributed by atoms with Crippen LogP contribution in [0.25, 0.3) is 0 Å². The van der Waals surface area contributed by atoms with Gasteiger partial charge in [0.05, 0.1) is 6.61 Å². The number of hydrogen-bond acceptors (Lipinski definition) is 3. The average Bonchev–Trinajstić information content (AvgIpc) is 2.42. The number of benzene rings is 2. The lowest BCUT2D eigenvalue weighted by atomic mass is 10.1. The van der Waals surface area contributed by atoms with Crippen molar-refractivity contribution in [2.45, 2.75) is 13.0 Å². The molecule has 0 aromatic heterocycles. The Bertz CT molecular complexity index is 491. The third-order valence-corrected chi connectivity index (χ3v) is 2.69. The number of hydrogen-bond donors (Lipinski definition) is 2. The molecule has 0 fully saturated rings. The first-order chi connectivity index (χ1) is 8.83. The van der Waals surface area contributed by atoms with Crippen LogP contribution >= 0.6 is 0 Å². The summed E-state index contributed by atoms with van der Waals surface area (Å²) < 4.78 is 5.77. The Kier molecular flexibility index (Phi) is 4.34. The Labute approximate surface area is 106 Å². The summed E-state index contributed by atoms with van der Waals surface area (Å²) >= 11 is 0. The van der Waals surface area contributed by atoms with Crippen LogP contribution in [0.3, 0.4) is 0 Å². The van der Waals surface area contributed by atoms with Gasteiger partial charge in [-0.05, 0) is 35.7 Å². The number of aliphatic hydroxyl groups is 2. The Hall–Kier alpha value is -1.84. The summed E-state index contributed by atoms with van der Waals surface area (Å²) in [6, 6.07) is 14.9. The zero-order valence-corrected chi connectivity index (χ0v) is 10.0. The maximum Gasteiger partial charge on any atom is 0.130 e. The fourth-order valence-electron chi connectivity index (χ4n) is 1.72. The highest BCUT2D eigenvalue weighted by molar-refractivity contribution is 5.38. The maximum atomic E-state index is 9.00. The fourth-order valence-corrected chi connectivity index (χ4v) is 1.72. The van der Waals surface area contributed by atoms with Crippen molar-refractivity contribution in [3.63, 3.8) is 0 Å². The minimum absolute atomic E-state index is 0.0291. The first-order valence-electron chi connectivity index (χ1n) is 5.90. The second-order valence-electron chi connectivity index (χ2n) is 3.99. The van der Waals surface area contributed by atoms with E-state index in [0.29, 0.717) is 6.42 Å². The highest BCUT2D eigenvalue weighted by Gasteiger charge is 2.03. The fraction of sp³-hybridized carbons (Fsp3) is 0.200. The van der Waals surface area contributed by atoms with Gasteiger partial charge < -0.3 is 14.9 Å². The quantitative estimate of drug-likeness (QED) is 0.849. The Morgan fingerprint density at radius 2 is 1.61 bits per heavy atom. The Morgan fingerprint density at radius 3 is 2.28 bits per heavy atom. The van der Waals surface area contributed by atoms with Gasteiger partial charge in [-0.1, -0.05) is 30.3 Å². The van der Waals surface area contributed by atoms with Crippen LogP contribution in [0, 0.1) is 0 Å². The topological polar surface area (TPSA) is 49.7 Å². The standard InChI is InChI=1S/C15H16O3/c16-10-9-13-3-1-2-4-15(13)18-14-7-5-12(11-17)6-8-14/h1-8,16-17H,9-11H2. The van der Waals surface area contributed by atoms with Gasteiger partial charge in [0, 0.05) is 6.61 Å². The van der Waals surface area contributed by atoms with E-state index in [1.165, 1.54) is 0 Å². The number of ether oxygens (including phenoxy) is 1. The second kappa shape index (κ2) is 6.19. The summed E-state index contributed by atoms with van der Waals surface area (Å²) in [6.45, 7) is 0.130. The van der Waals surface area contributed by atoms with E-state index in [9.17, 15) is 0 Å². The van der Waals surface area contributed by atoms with Crippen LogP contribution in [0.1, 0.15) is 11.1 Å². The van der Waals surface area contributed by atoms with Gasteiger partial charge in [-0.3, -0.25) is 0 Å². The third-order valence-electron chi connectivity index (χ3n) is 2.69. The smallest absolute Gasteiger partial charge is 0.130 e. The summed E-state index contributed by atoms with van der Waals surface area (Å²) in [4.78, 5) is 0. The van der Waals surface area contributed by atoms with E-state index in [1.807, 2.05) is 48.5 Å². The molecule has 0 heterocycles. The molecule has 0 atom stereocenters. The molecule has 0 aliphatic carbocycles. The van der Waals surface area contributed by atoms with E-state index in [2.05, 4.69) is 0 Å². The maximum absolute atomic E-state index is 9.00. The van der Waals surface area contributed by atoms with Crippen LogP contribution in [0.15, 0.2) is 48.5 Å². The summed E-state index contributed by atoms with van der Waals surface area (Å²) in [5.74, 6) is 1.47. The molecular weight excluding hydrogens is 228 g/mol. The molecule has 0 aliphatic rings. The van der Waals surface area contributed by atoms with Crippen molar-refractivity contribution in [2.75, 3.05) is 6.61 Å². The SMILES string of the molecule is OCCc1ccccc1Oc1ccc(CO)cc1. The van der Waals surface area contributed by atoms with Crippen molar-refractivity contribution in [3.8, 4) is 11.5 Å². The number of rotatable bonds is 5. The normalized spacial score (nSPS) is 10.3. The van der Waals surface area contributed by atoms with Gasteiger partial charge >= 0.3 is 0 Å². The van der Waals surface area contributed by atoms with Crippen molar-refractivity contribution in [2.24, 2.45) is 0 Å². The van der Waals surface area contributed by atoms with Gasteiger partial charge in [-0.25, -0.2) is 0 Å². The predicted octanol–water partition coefficient (Wildman–Crippen LogP) is 2.51. The monoisotopic (exact) mass is 244 g/mol. The Morgan fingerprint density at radius 1 is 0.889 bits per heavy atom. The second-order valence-corrected chi connectivity index (χ2v) is 3.99. The highest BCUT2D eigenvalue weighted by Crippen LogP contribution is 2.25. The minimum Gasteiger partial charge on any atom is -0.457 e. The Balaban J connectivity index is 2.17. The number of aliphatic hydroxyl groups excluding tert-OH is 2. The van der Waals surface area contributed by atoms with E-state index in [0.717, 1.165) is 22.6 Å². The van der Waals surface area contributed by atoms with Gasteiger partial charge in [0.25, 0.3) is 0 Å². The summed E-state index contributed by atoms with van der Waals surface area (Å²) in [7, 11) is 0. The van der Waals surface area contributed by atoms with E-state index < -0.39 is 0 Å². The van der Waals surface area contributed by atoms with Crippen molar-refractivity contribution < 1.29 is 14.9 Å². The zero-order valence-electron chi connectivity index (χ0n) is 10.0. The predicted molar refractivity (Wildman–Crippen MR) is 69.7 cm³/mol. The van der Waals surface area contributed by atoms with E-state index >= 15 is 0 Å². The first kappa shape index (κ1) is 12.6. The largest absolute Gasteiger partial charge is 0.457 e. The molecule has 0 radical (unpaired) electrons. The molecule has 0 amide bonds. The first-order valence-corrected chi connectivity index (χ1v) is 5.90. The molecule has 2 aromatic carbocycles. The molecule has 94 valence electrons. The molecule has 2 N–H and O–H groups in total. The lowest BCUT2D eigenvalue weighted by molar-refractivity contribution is 0.281. The van der Waals surface area contributed by atoms with Gasteiger partial charge in [0.15, 0.2) is 0 Å². The average molecular weight is 244 g/mol. The molecule has 0 unspecified atom stereocenters. The van der Waals surface area contributed by atoms with E-state index in [4.69, 9.17) is 14.9 Å². The van der Waals surface area contributed by atoms with Crippen LogP contribution < -0.4 is 4.74 Å². The summed E-state index contributed by atoms with van der Waals surface area (Å²) in [5, 5.41) is 18.0.